The lowest BCUT2D eigenvalue weighted by Gasteiger charge is -2.31. The van der Waals surface area contributed by atoms with Crippen molar-refractivity contribution >= 4 is 11.7 Å². The maximum absolute atomic E-state index is 14.0. The molecule has 1 aliphatic heterocycles. The third-order valence-corrected chi connectivity index (χ3v) is 7.06. The highest BCUT2D eigenvalue weighted by atomic mass is 16.5. The topological polar surface area (TPSA) is 64.3 Å². The third kappa shape index (κ3) is 4.12. The molecule has 3 aromatic carbocycles. The Morgan fingerprint density at radius 3 is 2.50 bits per heavy atom. The van der Waals surface area contributed by atoms with E-state index in [4.69, 9.17) is 9.84 Å². The molecule has 3 heterocycles. The van der Waals surface area contributed by atoms with Crippen LogP contribution in [0.3, 0.4) is 0 Å². The Kier molecular flexibility index (Phi) is 5.96. The molecule has 7 nitrogen and oxygen atoms in total. The average Bonchev–Trinajstić information content (AvgIpc) is 3.50. The number of benzene rings is 3. The van der Waals surface area contributed by atoms with E-state index in [2.05, 4.69) is 16.0 Å². The minimum absolute atomic E-state index is 0.186. The van der Waals surface area contributed by atoms with E-state index in [0.29, 0.717) is 6.54 Å². The lowest BCUT2D eigenvalue weighted by atomic mass is 10.0. The fourth-order valence-corrected chi connectivity index (χ4v) is 5.14. The average molecular weight is 504 g/mol. The molecule has 5 aromatic rings. The number of hydrogen-bond donors (Lipinski definition) is 1. The van der Waals surface area contributed by atoms with E-state index in [9.17, 15) is 4.79 Å². The van der Waals surface area contributed by atoms with Gasteiger partial charge in [-0.25, -0.2) is 9.48 Å². The summed E-state index contributed by atoms with van der Waals surface area (Å²) in [6.07, 6.45) is 2.04. The van der Waals surface area contributed by atoms with Crippen molar-refractivity contribution in [3.63, 3.8) is 0 Å². The van der Waals surface area contributed by atoms with Crippen molar-refractivity contribution in [2.24, 2.45) is 0 Å². The van der Waals surface area contributed by atoms with Crippen molar-refractivity contribution in [3.05, 3.63) is 125 Å². The first-order valence-electron chi connectivity index (χ1n) is 12.6. The minimum atomic E-state index is -0.360. The number of amides is 2. The van der Waals surface area contributed by atoms with Crippen LogP contribution < -0.4 is 10.1 Å². The summed E-state index contributed by atoms with van der Waals surface area (Å²) < 4.78 is 9.68. The molecule has 1 aliphatic rings. The SMILES string of the molecule is COc1cccc([C@H]2c3cccn3-c3c(c(C)nn3-c3ccccc3)CN2C(=O)Nc2ccc(C)cc2)c1. The first kappa shape index (κ1) is 23.6. The molecule has 1 N–H and O–H groups in total. The Hall–Kier alpha value is -4.78. The van der Waals surface area contributed by atoms with E-state index in [-0.39, 0.29) is 12.1 Å². The van der Waals surface area contributed by atoms with Crippen molar-refractivity contribution in [1.29, 1.82) is 0 Å². The first-order valence-corrected chi connectivity index (χ1v) is 12.6. The van der Waals surface area contributed by atoms with Crippen molar-refractivity contribution in [1.82, 2.24) is 19.2 Å². The van der Waals surface area contributed by atoms with Crippen LogP contribution in [-0.2, 0) is 6.54 Å². The number of fused-ring (bicyclic) bond motifs is 3. The van der Waals surface area contributed by atoms with Crippen molar-refractivity contribution in [2.45, 2.75) is 26.4 Å². The van der Waals surface area contributed by atoms with Crippen molar-refractivity contribution in [3.8, 4) is 17.3 Å². The Bertz CT molecular complexity index is 1600. The Labute approximate surface area is 221 Å². The summed E-state index contributed by atoms with van der Waals surface area (Å²) in [5.41, 5.74) is 6.66. The number of anilines is 1. The van der Waals surface area contributed by atoms with Crippen LogP contribution in [0.15, 0.2) is 97.2 Å². The number of rotatable bonds is 4. The summed E-state index contributed by atoms with van der Waals surface area (Å²) in [6, 6.07) is 29.4. The molecular weight excluding hydrogens is 474 g/mol. The van der Waals surface area contributed by atoms with Crippen molar-refractivity contribution in [2.75, 3.05) is 12.4 Å². The van der Waals surface area contributed by atoms with Crippen LogP contribution in [0, 0.1) is 13.8 Å². The fraction of sp³-hybridized carbons (Fsp3) is 0.161. The summed E-state index contributed by atoms with van der Waals surface area (Å²) in [5, 5.41) is 8.04. The van der Waals surface area contributed by atoms with E-state index in [0.717, 1.165) is 51.0 Å². The zero-order valence-corrected chi connectivity index (χ0v) is 21.6. The predicted octanol–water partition coefficient (Wildman–Crippen LogP) is 6.43. The Balaban J connectivity index is 1.53. The molecule has 6 rings (SSSR count). The molecule has 0 saturated carbocycles. The summed E-state index contributed by atoms with van der Waals surface area (Å²) in [5.74, 6) is 1.68. The molecule has 2 aromatic heterocycles. The van der Waals surface area contributed by atoms with E-state index < -0.39 is 0 Å². The van der Waals surface area contributed by atoms with Crippen LogP contribution >= 0.6 is 0 Å². The summed E-state index contributed by atoms with van der Waals surface area (Å²) in [7, 11) is 1.66. The van der Waals surface area contributed by atoms with Gasteiger partial charge in [-0.2, -0.15) is 5.10 Å². The van der Waals surface area contributed by atoms with Crippen molar-refractivity contribution < 1.29 is 9.53 Å². The number of methoxy groups -OCH3 is 1. The van der Waals surface area contributed by atoms with Gasteiger partial charge in [0.2, 0.25) is 0 Å². The number of nitrogens with one attached hydrogen (secondary N) is 1. The van der Waals surface area contributed by atoms with Gasteiger partial charge < -0.3 is 19.5 Å². The minimum Gasteiger partial charge on any atom is -0.497 e. The van der Waals surface area contributed by atoms with Gasteiger partial charge in [-0.3, -0.25) is 0 Å². The molecular formula is C31H29N5O2. The van der Waals surface area contributed by atoms with Gasteiger partial charge in [-0.15, -0.1) is 0 Å². The molecule has 0 unspecified atom stereocenters. The number of carbonyl (C=O) groups is 1. The van der Waals surface area contributed by atoms with Crippen LogP contribution in [0.4, 0.5) is 10.5 Å². The van der Waals surface area contributed by atoms with Gasteiger partial charge in [-0.05, 0) is 67.9 Å². The second-order valence-electron chi connectivity index (χ2n) is 9.54. The molecule has 190 valence electrons. The normalized spacial score (nSPS) is 14.4. The molecule has 0 spiro atoms. The molecule has 1 atom stereocenters. The maximum Gasteiger partial charge on any atom is 0.322 e. The fourth-order valence-electron chi connectivity index (χ4n) is 5.14. The van der Waals surface area contributed by atoms with Gasteiger partial charge in [0.05, 0.1) is 36.8 Å². The Morgan fingerprint density at radius 2 is 1.74 bits per heavy atom. The predicted molar refractivity (Wildman–Crippen MR) is 148 cm³/mol. The number of ether oxygens (including phenoxy) is 1. The van der Waals surface area contributed by atoms with E-state index in [1.807, 2.05) is 115 Å². The van der Waals surface area contributed by atoms with Gasteiger partial charge in [0.15, 0.2) is 0 Å². The number of urea groups is 1. The number of aromatic nitrogens is 3. The number of nitrogens with zero attached hydrogens (tertiary/aromatic N) is 4. The third-order valence-electron chi connectivity index (χ3n) is 7.06. The van der Waals surface area contributed by atoms with Crippen LogP contribution in [-0.4, -0.2) is 32.4 Å². The highest BCUT2D eigenvalue weighted by Crippen LogP contribution is 2.39. The second-order valence-corrected chi connectivity index (χ2v) is 9.54. The molecule has 2 amide bonds. The zero-order chi connectivity index (χ0) is 26.2. The van der Waals surface area contributed by atoms with Crippen LogP contribution in [0.1, 0.15) is 34.1 Å². The monoisotopic (exact) mass is 503 g/mol. The van der Waals surface area contributed by atoms with Gasteiger partial charge in [0.1, 0.15) is 11.6 Å². The molecule has 7 heteroatoms. The first-order chi connectivity index (χ1) is 18.5. The van der Waals surface area contributed by atoms with Crippen LogP contribution in [0.2, 0.25) is 0 Å². The summed E-state index contributed by atoms with van der Waals surface area (Å²) >= 11 is 0. The smallest absolute Gasteiger partial charge is 0.322 e. The van der Waals surface area contributed by atoms with Gasteiger partial charge in [0.25, 0.3) is 0 Å². The largest absolute Gasteiger partial charge is 0.497 e. The lowest BCUT2D eigenvalue weighted by Crippen LogP contribution is -2.38. The van der Waals surface area contributed by atoms with Crippen LogP contribution in [0.5, 0.6) is 5.75 Å². The van der Waals surface area contributed by atoms with Gasteiger partial charge in [0, 0.05) is 17.4 Å². The maximum atomic E-state index is 14.0. The molecule has 0 aliphatic carbocycles. The number of carbonyl (C=O) groups excluding carboxylic acids is 1. The molecule has 0 radical (unpaired) electrons. The number of aryl methyl sites for hydroxylation is 2. The lowest BCUT2D eigenvalue weighted by molar-refractivity contribution is 0.194. The van der Waals surface area contributed by atoms with Crippen LogP contribution in [0.25, 0.3) is 11.5 Å². The summed E-state index contributed by atoms with van der Waals surface area (Å²) in [4.78, 5) is 15.9. The molecule has 0 fully saturated rings. The zero-order valence-electron chi connectivity index (χ0n) is 21.6. The van der Waals surface area contributed by atoms with E-state index in [1.165, 1.54) is 0 Å². The second kappa shape index (κ2) is 9.59. The van der Waals surface area contributed by atoms with E-state index in [1.54, 1.807) is 7.11 Å². The highest BCUT2D eigenvalue weighted by Gasteiger charge is 2.36. The van der Waals surface area contributed by atoms with Gasteiger partial charge >= 0.3 is 6.03 Å². The Morgan fingerprint density at radius 1 is 0.947 bits per heavy atom. The molecule has 0 bridgehead atoms. The standard InChI is InChI=1S/C31H29N5O2/c1-21-14-16-24(17-15-21)32-31(37)35-20-27-22(2)33-36(25-10-5-4-6-11-25)30(27)34-18-8-13-28(34)29(35)23-9-7-12-26(19-23)38-3/h4-19,29H,20H2,1-3H3,(H,32,37)/t29-/m0/s1. The molecule has 38 heavy (non-hydrogen) atoms. The highest BCUT2D eigenvalue weighted by molar-refractivity contribution is 5.90. The van der Waals surface area contributed by atoms with Gasteiger partial charge in [-0.1, -0.05) is 48.0 Å². The summed E-state index contributed by atoms with van der Waals surface area (Å²) in [6.45, 7) is 4.42. The number of para-hydroxylation sites is 1. The number of hydrogen-bond acceptors (Lipinski definition) is 3. The molecule has 0 saturated heterocycles. The van der Waals surface area contributed by atoms with E-state index >= 15 is 0 Å². The quantitative estimate of drug-likeness (QED) is 0.308.